The number of rotatable bonds is 5. The van der Waals surface area contributed by atoms with Crippen LogP contribution in [0.25, 0.3) is 0 Å². The molecule has 3 aromatic rings. The van der Waals surface area contributed by atoms with Crippen LogP contribution >= 0.6 is 11.3 Å². The minimum Gasteiger partial charge on any atom is -0.333 e. The van der Waals surface area contributed by atoms with Crippen molar-refractivity contribution in [3.8, 4) is 0 Å². The topological polar surface area (TPSA) is 110 Å². The van der Waals surface area contributed by atoms with E-state index in [1.807, 2.05) is 17.5 Å². The van der Waals surface area contributed by atoms with Crippen LogP contribution in [0.2, 0.25) is 0 Å². The number of nitrogens with one attached hydrogen (secondary N) is 1. The van der Waals surface area contributed by atoms with Gasteiger partial charge in [0, 0.05) is 30.9 Å². The Morgan fingerprint density at radius 2 is 1.97 bits per heavy atom. The Balaban J connectivity index is 1.59. The largest absolute Gasteiger partial charge is 0.333 e. The molecule has 0 fully saturated rings. The summed E-state index contributed by atoms with van der Waals surface area (Å²) in [6.45, 7) is 2.57. The maximum absolute atomic E-state index is 12.9. The van der Waals surface area contributed by atoms with E-state index in [0.717, 1.165) is 17.2 Å². The van der Waals surface area contributed by atoms with E-state index in [2.05, 4.69) is 4.72 Å². The molecule has 1 aliphatic heterocycles. The van der Waals surface area contributed by atoms with Gasteiger partial charge in [0.05, 0.1) is 14.7 Å². The quantitative estimate of drug-likeness (QED) is 0.461. The third kappa shape index (κ3) is 4.30. The second-order valence-electron chi connectivity index (χ2n) is 7.25. The van der Waals surface area contributed by atoms with Crippen LogP contribution in [0.1, 0.15) is 26.4 Å². The fraction of sp³-hybridized carbons (Fsp3) is 0.190. The predicted octanol–water partition coefficient (Wildman–Crippen LogP) is 3.96. The smallest absolute Gasteiger partial charge is 0.270 e. The van der Waals surface area contributed by atoms with Gasteiger partial charge in [0.2, 0.25) is 0 Å². The van der Waals surface area contributed by atoms with Crippen molar-refractivity contribution in [2.75, 3.05) is 11.3 Å². The van der Waals surface area contributed by atoms with Crippen LogP contribution in [-0.2, 0) is 23.0 Å². The minimum absolute atomic E-state index is 0.0427. The molecule has 0 aliphatic carbocycles. The molecule has 0 spiro atoms. The predicted molar refractivity (Wildman–Crippen MR) is 118 cm³/mol. The van der Waals surface area contributed by atoms with Crippen molar-refractivity contribution < 1.29 is 18.1 Å². The van der Waals surface area contributed by atoms with Crippen LogP contribution in [0.3, 0.4) is 0 Å². The van der Waals surface area contributed by atoms with Crippen LogP contribution in [0.4, 0.5) is 11.4 Å². The first-order chi connectivity index (χ1) is 14.7. The van der Waals surface area contributed by atoms with Gasteiger partial charge in [-0.1, -0.05) is 18.2 Å². The zero-order valence-corrected chi connectivity index (χ0v) is 18.2. The summed E-state index contributed by atoms with van der Waals surface area (Å²) >= 11 is 1.39. The van der Waals surface area contributed by atoms with Crippen molar-refractivity contribution in [2.45, 2.75) is 24.8 Å². The highest BCUT2D eigenvalue weighted by Crippen LogP contribution is 2.28. The number of nitro benzene ring substituents is 1. The van der Waals surface area contributed by atoms with Crippen molar-refractivity contribution in [1.82, 2.24) is 4.90 Å². The van der Waals surface area contributed by atoms with Gasteiger partial charge in [0.1, 0.15) is 0 Å². The molecule has 2 aromatic carbocycles. The molecule has 160 valence electrons. The molecule has 8 nitrogen and oxygen atoms in total. The number of non-ortho nitro benzene ring substituents is 1. The first-order valence-corrected chi connectivity index (χ1v) is 11.8. The first-order valence-electron chi connectivity index (χ1n) is 9.47. The van der Waals surface area contributed by atoms with Gasteiger partial charge in [0.15, 0.2) is 0 Å². The normalized spacial score (nSPS) is 13.5. The van der Waals surface area contributed by atoms with E-state index in [9.17, 15) is 23.3 Å². The van der Waals surface area contributed by atoms with Gasteiger partial charge in [-0.25, -0.2) is 8.42 Å². The highest BCUT2D eigenvalue weighted by atomic mass is 32.2. The lowest BCUT2D eigenvalue weighted by molar-refractivity contribution is -0.385. The van der Waals surface area contributed by atoms with Crippen LogP contribution in [0.5, 0.6) is 0 Å². The summed E-state index contributed by atoms with van der Waals surface area (Å²) in [5.41, 5.74) is 2.38. The van der Waals surface area contributed by atoms with Crippen LogP contribution in [-0.4, -0.2) is 30.7 Å². The summed E-state index contributed by atoms with van der Waals surface area (Å²) in [6, 6.07) is 12.6. The van der Waals surface area contributed by atoms with E-state index in [1.165, 1.54) is 23.5 Å². The Morgan fingerprint density at radius 1 is 1.16 bits per heavy atom. The van der Waals surface area contributed by atoms with Crippen molar-refractivity contribution in [3.63, 3.8) is 0 Å². The van der Waals surface area contributed by atoms with Gasteiger partial charge in [0.25, 0.3) is 21.6 Å². The highest BCUT2D eigenvalue weighted by Gasteiger charge is 2.24. The van der Waals surface area contributed by atoms with Gasteiger partial charge < -0.3 is 4.90 Å². The number of nitrogens with zero attached hydrogens (tertiary/aromatic N) is 2. The van der Waals surface area contributed by atoms with Crippen LogP contribution in [0, 0.1) is 17.0 Å². The molecule has 0 saturated carbocycles. The fourth-order valence-electron chi connectivity index (χ4n) is 3.55. The standard InChI is InChI=1S/C21H19N3O5S2/c1-14-4-7-18(24(26)27)12-20(14)31(28,29)22-17-6-5-15-8-9-23(13-16(15)11-17)21(25)19-3-2-10-30-19/h2-7,10-12,22H,8-9,13H2,1H3. The summed E-state index contributed by atoms with van der Waals surface area (Å²) in [6.07, 6.45) is 0.684. The number of amides is 1. The number of anilines is 1. The van der Waals surface area contributed by atoms with Gasteiger partial charge >= 0.3 is 0 Å². The van der Waals surface area contributed by atoms with E-state index >= 15 is 0 Å². The second-order valence-corrected chi connectivity index (χ2v) is 9.85. The number of carbonyl (C=O) groups is 1. The Morgan fingerprint density at radius 3 is 2.68 bits per heavy atom. The van der Waals surface area contributed by atoms with Crippen molar-refractivity contribution in [2.24, 2.45) is 0 Å². The number of aryl methyl sites for hydroxylation is 1. The SMILES string of the molecule is Cc1ccc([N+](=O)[O-])cc1S(=O)(=O)Nc1ccc2c(c1)CN(C(=O)c1cccs1)CC2. The molecule has 0 bridgehead atoms. The summed E-state index contributed by atoms with van der Waals surface area (Å²) in [7, 11) is -4.03. The highest BCUT2D eigenvalue weighted by molar-refractivity contribution is 7.92. The average Bonchev–Trinajstić information content (AvgIpc) is 3.27. The second kappa shape index (κ2) is 8.12. The van der Waals surface area contributed by atoms with Crippen molar-refractivity contribution >= 4 is 38.6 Å². The van der Waals surface area contributed by atoms with E-state index in [0.29, 0.717) is 35.6 Å². The maximum Gasteiger partial charge on any atom is 0.270 e. The lowest BCUT2D eigenvalue weighted by Gasteiger charge is -2.29. The van der Waals surface area contributed by atoms with Crippen molar-refractivity contribution in [3.05, 3.63) is 85.6 Å². The third-order valence-corrected chi connectivity index (χ3v) is 7.54. The molecule has 31 heavy (non-hydrogen) atoms. The number of benzene rings is 2. The zero-order chi connectivity index (χ0) is 22.2. The Kier molecular flexibility index (Phi) is 5.50. The average molecular weight is 458 g/mol. The molecule has 0 saturated heterocycles. The van der Waals surface area contributed by atoms with E-state index in [-0.39, 0.29) is 16.5 Å². The van der Waals surface area contributed by atoms with Gasteiger partial charge in [-0.05, 0) is 53.6 Å². The van der Waals surface area contributed by atoms with Crippen molar-refractivity contribution in [1.29, 1.82) is 0 Å². The molecule has 0 radical (unpaired) electrons. The van der Waals surface area contributed by atoms with Gasteiger partial charge in [-0.15, -0.1) is 11.3 Å². The molecule has 1 aliphatic rings. The molecule has 2 heterocycles. The minimum atomic E-state index is -4.03. The summed E-state index contributed by atoms with van der Waals surface area (Å²) in [5, 5.41) is 12.9. The number of sulfonamides is 1. The molecule has 1 aromatic heterocycles. The lowest BCUT2D eigenvalue weighted by Crippen LogP contribution is -2.35. The number of nitro groups is 1. The lowest BCUT2D eigenvalue weighted by atomic mass is 9.99. The fourth-order valence-corrected chi connectivity index (χ4v) is 5.56. The number of thiophene rings is 1. The first kappa shape index (κ1) is 21.0. The molecule has 1 amide bonds. The Hall–Kier alpha value is -3.24. The zero-order valence-electron chi connectivity index (χ0n) is 16.6. The summed E-state index contributed by atoms with van der Waals surface area (Å²) in [5.74, 6) is -0.0427. The molecular weight excluding hydrogens is 438 g/mol. The molecular formula is C21H19N3O5S2. The Bertz CT molecular complexity index is 1270. The van der Waals surface area contributed by atoms with Gasteiger partial charge in [-0.2, -0.15) is 0 Å². The van der Waals surface area contributed by atoms with E-state index < -0.39 is 14.9 Å². The molecule has 1 N–H and O–H groups in total. The number of hydrogen-bond donors (Lipinski definition) is 1. The molecule has 4 rings (SSSR count). The third-order valence-electron chi connectivity index (χ3n) is 5.16. The monoisotopic (exact) mass is 457 g/mol. The van der Waals surface area contributed by atoms with Crippen LogP contribution in [0.15, 0.2) is 58.8 Å². The Labute approximate surface area is 183 Å². The maximum atomic E-state index is 12.9. The number of carbonyl (C=O) groups excluding carboxylic acids is 1. The molecule has 0 unspecified atom stereocenters. The number of fused-ring (bicyclic) bond motifs is 1. The summed E-state index contributed by atoms with van der Waals surface area (Å²) < 4.78 is 28.3. The summed E-state index contributed by atoms with van der Waals surface area (Å²) in [4.78, 5) is 25.3. The van der Waals surface area contributed by atoms with Crippen LogP contribution < -0.4 is 4.72 Å². The van der Waals surface area contributed by atoms with E-state index in [4.69, 9.17) is 0 Å². The molecule has 10 heteroatoms. The molecule has 0 atom stereocenters. The van der Waals surface area contributed by atoms with E-state index in [1.54, 1.807) is 30.0 Å². The number of hydrogen-bond acceptors (Lipinski definition) is 6. The van der Waals surface area contributed by atoms with Gasteiger partial charge in [-0.3, -0.25) is 19.6 Å².